The first-order valence-corrected chi connectivity index (χ1v) is 9.16. The quantitative estimate of drug-likeness (QED) is 0.708. The number of rotatable bonds is 2. The highest BCUT2D eigenvalue weighted by molar-refractivity contribution is 7.98. The minimum Gasteiger partial charge on any atom is -0.444 e. The molecular weight excluding hydrogens is 294 g/mol. The molecule has 1 aliphatic rings. The van der Waals surface area contributed by atoms with Crippen molar-refractivity contribution in [1.82, 2.24) is 4.90 Å². The van der Waals surface area contributed by atoms with Crippen LogP contribution in [0.2, 0.25) is 0 Å². The highest BCUT2D eigenvalue weighted by atomic mass is 32.2. The van der Waals surface area contributed by atoms with E-state index in [9.17, 15) is 4.79 Å². The van der Waals surface area contributed by atoms with Gasteiger partial charge in [0.2, 0.25) is 0 Å². The molecule has 1 fully saturated rings. The molecule has 1 unspecified atom stereocenters. The third kappa shape index (κ3) is 4.42. The summed E-state index contributed by atoms with van der Waals surface area (Å²) in [7, 11) is 0. The van der Waals surface area contributed by atoms with E-state index in [0.29, 0.717) is 5.92 Å². The largest absolute Gasteiger partial charge is 0.444 e. The number of benzene rings is 1. The summed E-state index contributed by atoms with van der Waals surface area (Å²) in [6, 6.07) is 8.67. The van der Waals surface area contributed by atoms with E-state index in [1.54, 1.807) is 11.8 Å². The molecule has 3 nitrogen and oxygen atoms in total. The van der Waals surface area contributed by atoms with Crippen molar-refractivity contribution in [2.24, 2.45) is 5.92 Å². The molecular formula is C18H27NO2S. The molecule has 4 heteroatoms. The van der Waals surface area contributed by atoms with E-state index in [1.807, 2.05) is 25.7 Å². The Balaban J connectivity index is 2.20. The Kier molecular flexibility index (Phi) is 5.43. The van der Waals surface area contributed by atoms with Crippen molar-refractivity contribution in [3.05, 3.63) is 29.8 Å². The van der Waals surface area contributed by atoms with Crippen molar-refractivity contribution in [2.45, 2.75) is 57.1 Å². The first-order chi connectivity index (χ1) is 10.3. The molecule has 1 aromatic carbocycles. The Morgan fingerprint density at radius 1 is 1.27 bits per heavy atom. The number of amides is 1. The third-order valence-electron chi connectivity index (χ3n) is 3.99. The van der Waals surface area contributed by atoms with Gasteiger partial charge in [-0.2, -0.15) is 0 Å². The van der Waals surface area contributed by atoms with Gasteiger partial charge in [-0.1, -0.05) is 19.1 Å². The highest BCUT2D eigenvalue weighted by Crippen LogP contribution is 2.35. The van der Waals surface area contributed by atoms with Gasteiger partial charge in [0.15, 0.2) is 0 Å². The van der Waals surface area contributed by atoms with Crippen LogP contribution >= 0.6 is 11.8 Å². The molecule has 1 aromatic rings. The minimum absolute atomic E-state index is 0.120. The lowest BCUT2D eigenvalue weighted by Crippen LogP contribution is -2.43. The molecule has 1 aliphatic heterocycles. The summed E-state index contributed by atoms with van der Waals surface area (Å²) in [5.41, 5.74) is 0.753. The molecule has 0 bridgehead atoms. The molecule has 2 atom stereocenters. The van der Waals surface area contributed by atoms with Crippen LogP contribution in [0.5, 0.6) is 0 Å². The Labute approximate surface area is 138 Å². The molecule has 0 spiro atoms. The number of thioether (sulfide) groups is 1. The lowest BCUT2D eigenvalue weighted by molar-refractivity contribution is 0.00512. The average Bonchev–Trinajstić information content (AvgIpc) is 2.45. The molecule has 1 heterocycles. The summed E-state index contributed by atoms with van der Waals surface area (Å²) < 4.78 is 5.59. The Morgan fingerprint density at radius 2 is 1.91 bits per heavy atom. The van der Waals surface area contributed by atoms with Crippen molar-refractivity contribution in [1.29, 1.82) is 0 Å². The zero-order chi connectivity index (χ0) is 16.3. The van der Waals surface area contributed by atoms with Crippen LogP contribution in [0, 0.1) is 5.92 Å². The van der Waals surface area contributed by atoms with Crippen LogP contribution in [0.25, 0.3) is 0 Å². The van der Waals surface area contributed by atoms with E-state index >= 15 is 0 Å². The van der Waals surface area contributed by atoms with Crippen LogP contribution in [0.4, 0.5) is 4.79 Å². The van der Waals surface area contributed by atoms with Crippen LogP contribution < -0.4 is 0 Å². The van der Waals surface area contributed by atoms with Gasteiger partial charge < -0.3 is 9.64 Å². The van der Waals surface area contributed by atoms with Crippen LogP contribution in [-0.4, -0.2) is 29.4 Å². The molecule has 22 heavy (non-hydrogen) atoms. The van der Waals surface area contributed by atoms with Crippen molar-refractivity contribution in [3.63, 3.8) is 0 Å². The van der Waals surface area contributed by atoms with E-state index in [-0.39, 0.29) is 12.1 Å². The average molecular weight is 321 g/mol. The van der Waals surface area contributed by atoms with Gasteiger partial charge in [-0.05, 0) is 63.5 Å². The first-order valence-electron chi connectivity index (χ1n) is 7.93. The summed E-state index contributed by atoms with van der Waals surface area (Å²) in [6.07, 6.45) is 3.92. The Hall–Kier alpha value is -1.16. The predicted molar refractivity (Wildman–Crippen MR) is 92.3 cm³/mol. The van der Waals surface area contributed by atoms with Crippen LogP contribution in [0.15, 0.2) is 29.2 Å². The van der Waals surface area contributed by atoms with Gasteiger partial charge >= 0.3 is 6.09 Å². The summed E-state index contributed by atoms with van der Waals surface area (Å²) in [6.45, 7) is 8.78. The van der Waals surface area contributed by atoms with Gasteiger partial charge in [0.1, 0.15) is 5.60 Å². The molecule has 0 N–H and O–H groups in total. The maximum atomic E-state index is 12.5. The number of piperidine rings is 1. The van der Waals surface area contributed by atoms with E-state index in [1.165, 1.54) is 10.5 Å². The van der Waals surface area contributed by atoms with Crippen molar-refractivity contribution < 1.29 is 9.53 Å². The van der Waals surface area contributed by atoms with E-state index < -0.39 is 5.60 Å². The summed E-state index contributed by atoms with van der Waals surface area (Å²) in [5, 5.41) is 0. The molecule has 122 valence electrons. The molecule has 0 aromatic heterocycles. The van der Waals surface area contributed by atoms with Crippen LogP contribution in [0.3, 0.4) is 0 Å². The second-order valence-corrected chi connectivity index (χ2v) is 7.97. The zero-order valence-corrected chi connectivity index (χ0v) is 15.1. The second kappa shape index (κ2) is 6.95. The van der Waals surface area contributed by atoms with E-state index in [2.05, 4.69) is 37.4 Å². The van der Waals surface area contributed by atoms with Crippen molar-refractivity contribution in [2.75, 3.05) is 12.8 Å². The first kappa shape index (κ1) is 17.2. The maximum Gasteiger partial charge on any atom is 0.410 e. The van der Waals surface area contributed by atoms with Crippen LogP contribution in [0.1, 0.15) is 52.1 Å². The van der Waals surface area contributed by atoms with Gasteiger partial charge in [-0.15, -0.1) is 11.8 Å². The summed E-state index contributed by atoms with van der Waals surface area (Å²) >= 11 is 1.73. The van der Waals surface area contributed by atoms with Gasteiger partial charge in [-0.3, -0.25) is 0 Å². The topological polar surface area (TPSA) is 29.5 Å². The summed E-state index contributed by atoms with van der Waals surface area (Å²) in [5.74, 6) is 0.629. The molecule has 1 saturated heterocycles. The van der Waals surface area contributed by atoms with Gasteiger partial charge in [0, 0.05) is 11.4 Å². The second-order valence-electron chi connectivity index (χ2n) is 7.09. The molecule has 2 rings (SSSR count). The fourth-order valence-electron chi connectivity index (χ4n) is 2.82. The van der Waals surface area contributed by atoms with Crippen LogP contribution in [-0.2, 0) is 4.74 Å². The third-order valence-corrected chi connectivity index (χ3v) is 4.74. The fraction of sp³-hybridized carbons (Fsp3) is 0.611. The monoisotopic (exact) mass is 321 g/mol. The van der Waals surface area contributed by atoms with Gasteiger partial charge in [-0.25, -0.2) is 4.79 Å². The number of carbonyl (C=O) groups is 1. The highest BCUT2D eigenvalue weighted by Gasteiger charge is 2.33. The van der Waals surface area contributed by atoms with Crippen molar-refractivity contribution in [3.8, 4) is 0 Å². The molecule has 0 saturated carbocycles. The predicted octanol–water partition coefficient (Wildman–Crippen LogP) is 5.12. The lowest BCUT2D eigenvalue weighted by Gasteiger charge is -2.39. The number of hydrogen-bond donors (Lipinski definition) is 0. The van der Waals surface area contributed by atoms with E-state index in [4.69, 9.17) is 4.74 Å². The van der Waals surface area contributed by atoms with Gasteiger partial charge in [0.05, 0.1) is 6.04 Å². The molecule has 0 aliphatic carbocycles. The SMILES string of the molecule is CSc1ccc(C2C[C@H](C)CCN2C(=O)OC(C)(C)C)cc1. The van der Waals surface area contributed by atoms with Gasteiger partial charge in [0.25, 0.3) is 0 Å². The maximum absolute atomic E-state index is 12.5. The van der Waals surface area contributed by atoms with Crippen molar-refractivity contribution >= 4 is 17.9 Å². The number of ether oxygens (including phenoxy) is 1. The number of likely N-dealkylation sites (tertiary alicyclic amines) is 1. The standard InChI is InChI=1S/C18H27NO2S/c1-13-10-11-19(17(20)21-18(2,3)4)16(12-13)14-6-8-15(22-5)9-7-14/h6-9,13,16H,10-12H2,1-5H3/t13-,16?/m1/s1. The smallest absolute Gasteiger partial charge is 0.410 e. The Morgan fingerprint density at radius 3 is 2.45 bits per heavy atom. The normalized spacial score (nSPS) is 22.5. The van der Waals surface area contributed by atoms with E-state index in [0.717, 1.165) is 19.4 Å². The number of nitrogens with zero attached hydrogens (tertiary/aromatic N) is 1. The summed E-state index contributed by atoms with van der Waals surface area (Å²) in [4.78, 5) is 15.7. The number of hydrogen-bond acceptors (Lipinski definition) is 3. The molecule has 0 radical (unpaired) electrons. The lowest BCUT2D eigenvalue weighted by atomic mass is 9.88. The minimum atomic E-state index is -0.451. The molecule has 1 amide bonds. The fourth-order valence-corrected chi connectivity index (χ4v) is 3.23. The Bertz CT molecular complexity index is 507. The number of carbonyl (C=O) groups excluding carboxylic acids is 1. The zero-order valence-electron chi connectivity index (χ0n) is 14.3.